The lowest BCUT2D eigenvalue weighted by Crippen LogP contribution is -2.20. The first-order valence-electron chi connectivity index (χ1n) is 12.6. The highest BCUT2D eigenvalue weighted by Crippen LogP contribution is 2.31. The van der Waals surface area contributed by atoms with E-state index in [0.717, 1.165) is 11.8 Å². The molecule has 1 atom stereocenters. The topological polar surface area (TPSA) is 12.0 Å². The molecule has 0 heterocycles. The maximum atomic E-state index is 3.60. The van der Waals surface area contributed by atoms with Gasteiger partial charge in [0.1, 0.15) is 0 Å². The van der Waals surface area contributed by atoms with Crippen LogP contribution in [0.4, 0.5) is 0 Å². The summed E-state index contributed by atoms with van der Waals surface area (Å²) >= 11 is 0. The van der Waals surface area contributed by atoms with E-state index in [0.29, 0.717) is 0 Å². The molecule has 1 rings (SSSR count). The van der Waals surface area contributed by atoms with Gasteiger partial charge in [-0.1, -0.05) is 117 Å². The molecule has 1 aliphatic rings. The van der Waals surface area contributed by atoms with Crippen molar-refractivity contribution in [3.05, 3.63) is 0 Å². The lowest BCUT2D eigenvalue weighted by molar-refractivity contribution is 0.250. The zero-order chi connectivity index (χ0) is 18.7. The Hall–Kier alpha value is -0.0400. The quantitative estimate of drug-likeness (QED) is 0.427. The number of hydrogen-bond acceptors (Lipinski definition) is 1. The van der Waals surface area contributed by atoms with E-state index >= 15 is 0 Å². The first-order chi connectivity index (χ1) is 12.9. The second-order valence-corrected chi connectivity index (χ2v) is 8.99. The van der Waals surface area contributed by atoms with Crippen LogP contribution in [0.2, 0.25) is 0 Å². The maximum Gasteiger partial charge on any atom is -0.00488 e. The Morgan fingerprint density at radius 2 is 1.12 bits per heavy atom. The van der Waals surface area contributed by atoms with Gasteiger partial charge in [0.05, 0.1) is 0 Å². The summed E-state index contributed by atoms with van der Waals surface area (Å²) in [7, 11) is 0. The van der Waals surface area contributed by atoms with Crippen molar-refractivity contribution in [2.24, 2.45) is 11.8 Å². The predicted molar refractivity (Wildman–Crippen MR) is 119 cm³/mol. The van der Waals surface area contributed by atoms with E-state index in [1.807, 2.05) is 0 Å². The van der Waals surface area contributed by atoms with Crippen LogP contribution in [-0.4, -0.2) is 13.1 Å². The molecular formula is C25H51N. The smallest absolute Gasteiger partial charge is 0.00488 e. The standard InChI is InChI=1S/C25H51N/c1-3-22-26-23-18-21-24(4-2)25-19-16-14-12-10-8-6-5-7-9-11-13-15-17-20-25/h24-26H,3-23H2,1-2H3. The average molecular weight is 366 g/mol. The highest BCUT2D eigenvalue weighted by atomic mass is 14.8. The predicted octanol–water partition coefficient (Wildman–Crippen LogP) is 8.27. The maximum absolute atomic E-state index is 3.60. The minimum Gasteiger partial charge on any atom is -0.317 e. The van der Waals surface area contributed by atoms with Gasteiger partial charge in [-0.05, 0) is 44.2 Å². The van der Waals surface area contributed by atoms with Crippen LogP contribution in [0.5, 0.6) is 0 Å². The van der Waals surface area contributed by atoms with Crippen molar-refractivity contribution >= 4 is 0 Å². The highest BCUT2D eigenvalue weighted by Gasteiger charge is 2.19. The van der Waals surface area contributed by atoms with Gasteiger partial charge in [-0.2, -0.15) is 0 Å². The van der Waals surface area contributed by atoms with Crippen molar-refractivity contribution < 1.29 is 0 Å². The first kappa shape index (κ1) is 24.0. The fourth-order valence-electron chi connectivity index (χ4n) is 4.94. The molecule has 1 saturated carbocycles. The third-order valence-electron chi connectivity index (χ3n) is 6.70. The summed E-state index contributed by atoms with van der Waals surface area (Å²) in [5.74, 6) is 2.00. The van der Waals surface area contributed by atoms with Gasteiger partial charge in [-0.15, -0.1) is 0 Å². The number of hydrogen-bond donors (Lipinski definition) is 1. The highest BCUT2D eigenvalue weighted by molar-refractivity contribution is 4.71. The van der Waals surface area contributed by atoms with Crippen LogP contribution in [0.3, 0.4) is 0 Å². The number of rotatable bonds is 8. The van der Waals surface area contributed by atoms with Crippen LogP contribution in [0, 0.1) is 11.8 Å². The van der Waals surface area contributed by atoms with Crippen LogP contribution >= 0.6 is 0 Å². The van der Waals surface area contributed by atoms with Crippen molar-refractivity contribution in [3.8, 4) is 0 Å². The Labute approximate surface area is 166 Å². The molecule has 0 aromatic rings. The van der Waals surface area contributed by atoms with E-state index in [9.17, 15) is 0 Å². The van der Waals surface area contributed by atoms with E-state index in [1.165, 1.54) is 135 Å². The molecule has 1 N–H and O–H groups in total. The molecule has 0 amide bonds. The van der Waals surface area contributed by atoms with Gasteiger partial charge in [-0.25, -0.2) is 0 Å². The van der Waals surface area contributed by atoms with Crippen molar-refractivity contribution in [2.45, 2.75) is 136 Å². The largest absolute Gasteiger partial charge is 0.317 e. The van der Waals surface area contributed by atoms with E-state index < -0.39 is 0 Å². The molecule has 0 aromatic heterocycles. The summed E-state index contributed by atoms with van der Waals surface area (Å²) < 4.78 is 0. The van der Waals surface area contributed by atoms with Crippen LogP contribution in [0.15, 0.2) is 0 Å². The molecule has 1 unspecified atom stereocenters. The molecule has 0 radical (unpaired) electrons. The molecule has 0 bridgehead atoms. The summed E-state index contributed by atoms with van der Waals surface area (Å²) in [5.41, 5.74) is 0. The minimum atomic E-state index is 0.984. The van der Waals surface area contributed by atoms with Gasteiger partial charge >= 0.3 is 0 Å². The molecular weight excluding hydrogens is 314 g/mol. The molecule has 1 fully saturated rings. The third-order valence-corrected chi connectivity index (χ3v) is 6.70. The average Bonchev–Trinajstić information content (AvgIpc) is 2.65. The Balaban J connectivity index is 2.37. The Bertz CT molecular complexity index is 259. The zero-order valence-electron chi connectivity index (χ0n) is 18.5. The molecule has 1 aliphatic carbocycles. The molecule has 0 aromatic carbocycles. The van der Waals surface area contributed by atoms with Crippen LogP contribution in [-0.2, 0) is 0 Å². The van der Waals surface area contributed by atoms with Gasteiger partial charge in [0.2, 0.25) is 0 Å². The van der Waals surface area contributed by atoms with Gasteiger partial charge in [0, 0.05) is 0 Å². The van der Waals surface area contributed by atoms with E-state index in [-0.39, 0.29) is 0 Å². The summed E-state index contributed by atoms with van der Waals surface area (Å²) in [4.78, 5) is 0. The van der Waals surface area contributed by atoms with Crippen LogP contribution in [0.1, 0.15) is 136 Å². The normalized spacial score (nSPS) is 21.5. The fourth-order valence-corrected chi connectivity index (χ4v) is 4.94. The van der Waals surface area contributed by atoms with Crippen LogP contribution in [0.25, 0.3) is 0 Å². The van der Waals surface area contributed by atoms with E-state index in [4.69, 9.17) is 0 Å². The molecule has 0 spiro atoms. The van der Waals surface area contributed by atoms with Gasteiger partial charge < -0.3 is 5.32 Å². The molecule has 0 aliphatic heterocycles. The van der Waals surface area contributed by atoms with Crippen molar-refractivity contribution in [2.75, 3.05) is 13.1 Å². The third kappa shape index (κ3) is 13.2. The van der Waals surface area contributed by atoms with Gasteiger partial charge in [-0.3, -0.25) is 0 Å². The zero-order valence-corrected chi connectivity index (χ0v) is 18.5. The van der Waals surface area contributed by atoms with Gasteiger partial charge in [0.25, 0.3) is 0 Å². The summed E-state index contributed by atoms with van der Waals surface area (Å²) in [6.45, 7) is 7.14. The minimum absolute atomic E-state index is 0.984. The van der Waals surface area contributed by atoms with Crippen molar-refractivity contribution in [1.82, 2.24) is 5.32 Å². The molecule has 0 saturated heterocycles. The van der Waals surface area contributed by atoms with E-state index in [1.54, 1.807) is 0 Å². The van der Waals surface area contributed by atoms with E-state index in [2.05, 4.69) is 19.2 Å². The summed E-state index contributed by atoms with van der Waals surface area (Å²) in [6, 6.07) is 0. The Kier molecular flexibility index (Phi) is 16.9. The lowest BCUT2D eigenvalue weighted by Gasteiger charge is -2.27. The molecule has 156 valence electrons. The summed E-state index contributed by atoms with van der Waals surface area (Å²) in [6.07, 6.45) is 27.9. The fraction of sp³-hybridized carbons (Fsp3) is 1.00. The van der Waals surface area contributed by atoms with Crippen molar-refractivity contribution in [3.63, 3.8) is 0 Å². The Morgan fingerprint density at radius 3 is 1.54 bits per heavy atom. The second-order valence-electron chi connectivity index (χ2n) is 8.99. The second kappa shape index (κ2) is 18.3. The summed E-state index contributed by atoms with van der Waals surface area (Å²) in [5, 5.41) is 3.60. The lowest BCUT2D eigenvalue weighted by atomic mass is 9.79. The molecule has 1 heteroatoms. The van der Waals surface area contributed by atoms with Crippen molar-refractivity contribution in [1.29, 1.82) is 0 Å². The van der Waals surface area contributed by atoms with Crippen LogP contribution < -0.4 is 5.32 Å². The SMILES string of the molecule is CCCNCCCC(CC)C1CCCCCCCCCCCCCCC1. The van der Waals surface area contributed by atoms with Gasteiger partial charge in [0.15, 0.2) is 0 Å². The monoisotopic (exact) mass is 365 g/mol. The Morgan fingerprint density at radius 1 is 0.654 bits per heavy atom. The molecule has 1 nitrogen and oxygen atoms in total. The number of nitrogens with one attached hydrogen (secondary N) is 1. The molecule has 26 heavy (non-hydrogen) atoms. The first-order valence-corrected chi connectivity index (χ1v) is 12.6.